The smallest absolute Gasteiger partial charge is 0.418 e. The van der Waals surface area contributed by atoms with Crippen LogP contribution in [-0.2, 0) is 10.8 Å². The second kappa shape index (κ2) is 5.93. The molecule has 1 nitrogen and oxygen atoms in total. The molecule has 0 radical (unpaired) electrons. The second-order valence-corrected chi connectivity index (χ2v) is 6.40. The minimum atomic E-state index is -6.00. The molecule has 6 heteroatoms. The lowest BCUT2D eigenvalue weighted by atomic mass is 9.88. The van der Waals surface area contributed by atoms with Crippen molar-refractivity contribution in [2.24, 2.45) is 0 Å². The van der Waals surface area contributed by atoms with E-state index in [0.29, 0.717) is 0 Å². The number of rotatable bonds is 0. The predicted octanol–water partition coefficient (Wildman–Crippen LogP) is 4.98. The molecule has 0 bridgehead atoms. The van der Waals surface area contributed by atoms with Gasteiger partial charge in [-0.3, -0.25) is 4.98 Å². The van der Waals surface area contributed by atoms with Crippen molar-refractivity contribution in [2.75, 3.05) is 0 Å². The fourth-order valence-corrected chi connectivity index (χ4v) is 1.27. The van der Waals surface area contributed by atoms with Crippen LogP contribution in [0.15, 0.2) is 18.2 Å². The lowest BCUT2D eigenvalue weighted by molar-refractivity contribution is 0.368. The Kier molecular flexibility index (Phi) is 5.59. The molecule has 0 unspecified atom stereocenters. The molecular weight excluding hydrogens is 257 g/mol. The van der Waals surface area contributed by atoms with Crippen molar-refractivity contribution < 1.29 is 17.3 Å². The Morgan fingerprint density at radius 2 is 1.05 bits per heavy atom. The number of halogens is 4. The van der Waals surface area contributed by atoms with Crippen molar-refractivity contribution in [3.8, 4) is 0 Å². The van der Waals surface area contributed by atoms with Crippen molar-refractivity contribution in [3.05, 3.63) is 29.6 Å². The van der Waals surface area contributed by atoms with Crippen molar-refractivity contribution in [3.63, 3.8) is 0 Å². The molecule has 0 N–H and O–H groups in total. The van der Waals surface area contributed by atoms with Gasteiger partial charge < -0.3 is 17.3 Å². The van der Waals surface area contributed by atoms with E-state index in [1.54, 1.807) is 0 Å². The quantitative estimate of drug-likeness (QED) is 0.482. The van der Waals surface area contributed by atoms with E-state index in [0.717, 1.165) is 0 Å². The highest BCUT2D eigenvalue weighted by atomic mass is 19.5. The van der Waals surface area contributed by atoms with E-state index in [9.17, 15) is 17.3 Å². The van der Waals surface area contributed by atoms with Crippen LogP contribution in [0.5, 0.6) is 0 Å². The summed E-state index contributed by atoms with van der Waals surface area (Å²) in [6.45, 7) is 13.2. The third-order valence-electron chi connectivity index (χ3n) is 2.29. The molecular formula is C13H21BF4N-. The van der Waals surface area contributed by atoms with Crippen molar-refractivity contribution >= 4 is 7.25 Å². The van der Waals surface area contributed by atoms with E-state index in [1.165, 1.54) is 11.4 Å². The van der Waals surface area contributed by atoms with Crippen LogP contribution in [0.4, 0.5) is 17.3 Å². The van der Waals surface area contributed by atoms with Crippen LogP contribution in [0.25, 0.3) is 0 Å². The van der Waals surface area contributed by atoms with Crippen LogP contribution in [-0.4, -0.2) is 12.2 Å². The van der Waals surface area contributed by atoms with Gasteiger partial charge in [0.15, 0.2) is 0 Å². The third kappa shape index (κ3) is 8.62. The van der Waals surface area contributed by atoms with Gasteiger partial charge in [-0.05, 0) is 12.1 Å². The van der Waals surface area contributed by atoms with Gasteiger partial charge in [-0.2, -0.15) is 0 Å². The largest absolute Gasteiger partial charge is 0.673 e. The SMILES string of the molecule is CC(C)(C)c1cccc(C(C)(C)C)n1.F[B-](F)(F)F. The van der Waals surface area contributed by atoms with Crippen molar-refractivity contribution in [1.29, 1.82) is 0 Å². The Balaban J connectivity index is 0.000000555. The zero-order valence-corrected chi connectivity index (χ0v) is 12.3. The molecule has 0 atom stereocenters. The standard InChI is InChI=1S/C13H21N.BF4/c1-12(2,3)10-8-7-9-11(14-10)13(4,5)6;2-1(3,4)5/h7-9H,1-6H3;/q;-1. The zero-order valence-electron chi connectivity index (χ0n) is 12.3. The van der Waals surface area contributed by atoms with Crippen LogP contribution in [0, 0.1) is 0 Å². The van der Waals surface area contributed by atoms with Gasteiger partial charge in [0.25, 0.3) is 0 Å². The number of hydrogen-bond donors (Lipinski definition) is 0. The van der Waals surface area contributed by atoms with Gasteiger partial charge in [-0.15, -0.1) is 0 Å². The molecule has 0 saturated carbocycles. The Morgan fingerprint density at radius 3 is 1.26 bits per heavy atom. The molecule has 1 rings (SSSR count). The summed E-state index contributed by atoms with van der Waals surface area (Å²) in [5.74, 6) is 0. The zero-order chi connectivity index (χ0) is 15.5. The van der Waals surface area contributed by atoms with Crippen LogP contribution < -0.4 is 0 Å². The second-order valence-electron chi connectivity index (χ2n) is 6.40. The summed E-state index contributed by atoms with van der Waals surface area (Å²) in [5, 5.41) is 0. The maximum absolute atomic E-state index is 9.75. The van der Waals surface area contributed by atoms with Gasteiger partial charge in [-0.1, -0.05) is 47.6 Å². The number of nitrogens with zero attached hydrogens (tertiary/aromatic N) is 1. The van der Waals surface area contributed by atoms with Crippen LogP contribution in [0.3, 0.4) is 0 Å². The fraction of sp³-hybridized carbons (Fsp3) is 0.615. The molecule has 1 aromatic rings. The van der Waals surface area contributed by atoms with Gasteiger partial charge in [0.05, 0.1) is 0 Å². The highest BCUT2D eigenvalue weighted by Crippen LogP contribution is 2.24. The summed E-state index contributed by atoms with van der Waals surface area (Å²) in [6, 6.07) is 6.32. The lowest BCUT2D eigenvalue weighted by Crippen LogP contribution is -2.19. The molecule has 0 aliphatic heterocycles. The van der Waals surface area contributed by atoms with E-state index in [4.69, 9.17) is 4.98 Å². The Hall–Kier alpha value is -1.07. The maximum atomic E-state index is 9.75. The average molecular weight is 278 g/mol. The molecule has 0 fully saturated rings. The molecule has 0 aliphatic carbocycles. The first-order chi connectivity index (χ1) is 8.21. The summed E-state index contributed by atoms with van der Waals surface area (Å²) in [6.07, 6.45) is 0. The van der Waals surface area contributed by atoms with Crippen LogP contribution in [0.1, 0.15) is 52.9 Å². The first-order valence-corrected chi connectivity index (χ1v) is 6.06. The van der Waals surface area contributed by atoms with Gasteiger partial charge in [-0.25, -0.2) is 0 Å². The number of aromatic nitrogens is 1. The lowest BCUT2D eigenvalue weighted by Gasteiger charge is -2.23. The van der Waals surface area contributed by atoms with Crippen LogP contribution >= 0.6 is 0 Å². The maximum Gasteiger partial charge on any atom is 0.673 e. The molecule has 0 spiro atoms. The summed E-state index contributed by atoms with van der Waals surface area (Å²) in [4.78, 5) is 4.72. The summed E-state index contributed by atoms with van der Waals surface area (Å²) >= 11 is 0. The monoisotopic (exact) mass is 278 g/mol. The predicted molar refractivity (Wildman–Crippen MR) is 71.8 cm³/mol. The molecule has 1 heterocycles. The molecule has 110 valence electrons. The molecule has 19 heavy (non-hydrogen) atoms. The van der Waals surface area contributed by atoms with Crippen molar-refractivity contribution in [2.45, 2.75) is 52.4 Å². The average Bonchev–Trinajstić information content (AvgIpc) is 2.12. The molecule has 0 aromatic carbocycles. The van der Waals surface area contributed by atoms with Crippen LogP contribution in [0.2, 0.25) is 0 Å². The third-order valence-corrected chi connectivity index (χ3v) is 2.29. The minimum Gasteiger partial charge on any atom is -0.418 e. The van der Waals surface area contributed by atoms with Crippen molar-refractivity contribution in [1.82, 2.24) is 4.98 Å². The first kappa shape index (κ1) is 17.9. The van der Waals surface area contributed by atoms with E-state index >= 15 is 0 Å². The van der Waals surface area contributed by atoms with Gasteiger partial charge in [0.1, 0.15) is 0 Å². The minimum absolute atomic E-state index is 0.140. The number of pyridine rings is 1. The van der Waals surface area contributed by atoms with Gasteiger partial charge in [0, 0.05) is 22.2 Å². The normalized spacial score (nSPS) is 12.7. The Labute approximate surface area is 112 Å². The first-order valence-electron chi connectivity index (χ1n) is 6.06. The summed E-state index contributed by atoms with van der Waals surface area (Å²) < 4.78 is 39.0. The van der Waals surface area contributed by atoms with E-state index in [1.807, 2.05) is 0 Å². The fourth-order valence-electron chi connectivity index (χ4n) is 1.27. The number of hydrogen-bond acceptors (Lipinski definition) is 1. The molecule has 0 saturated heterocycles. The molecule has 1 aromatic heterocycles. The summed E-state index contributed by atoms with van der Waals surface area (Å²) in [7, 11) is -6.00. The summed E-state index contributed by atoms with van der Waals surface area (Å²) in [5.41, 5.74) is 2.62. The molecule has 0 aliphatic rings. The molecule has 0 amide bonds. The van der Waals surface area contributed by atoms with E-state index in [-0.39, 0.29) is 10.8 Å². The highest BCUT2D eigenvalue weighted by Gasteiger charge is 2.21. The highest BCUT2D eigenvalue weighted by molar-refractivity contribution is 6.50. The van der Waals surface area contributed by atoms with Gasteiger partial charge >= 0.3 is 7.25 Å². The Morgan fingerprint density at radius 1 is 0.789 bits per heavy atom. The van der Waals surface area contributed by atoms with E-state index in [2.05, 4.69) is 59.7 Å². The van der Waals surface area contributed by atoms with E-state index < -0.39 is 7.25 Å². The van der Waals surface area contributed by atoms with Gasteiger partial charge in [0.2, 0.25) is 0 Å². The topological polar surface area (TPSA) is 12.9 Å². The Bertz CT molecular complexity index is 367.